The van der Waals surface area contributed by atoms with Crippen molar-refractivity contribution in [2.75, 3.05) is 21.2 Å². The number of nitriles is 1. The number of amides is 1. The molecule has 94 valence electrons. The molecule has 0 spiro atoms. The summed E-state index contributed by atoms with van der Waals surface area (Å²) in [6, 6.07) is 7.39. The van der Waals surface area contributed by atoms with Crippen molar-refractivity contribution in [1.29, 1.82) is 5.26 Å². The number of carbonyl (C=O) groups is 1. The van der Waals surface area contributed by atoms with Crippen LogP contribution in [0.4, 0.5) is 0 Å². The summed E-state index contributed by atoms with van der Waals surface area (Å²) in [5.41, 5.74) is 0.910. The molecule has 0 unspecified atom stereocenters. The summed E-state index contributed by atoms with van der Waals surface area (Å²) < 4.78 is 6.08. The first kappa shape index (κ1) is 14.5. The SMILES string of the molecule is COc1ccc(/C=C(/C#N)C(=O)N(C)C)cc1I. The second-order valence-electron chi connectivity index (χ2n) is 3.76. The van der Waals surface area contributed by atoms with Crippen molar-refractivity contribution in [2.45, 2.75) is 0 Å². The van der Waals surface area contributed by atoms with E-state index in [1.165, 1.54) is 4.90 Å². The van der Waals surface area contributed by atoms with Gasteiger partial charge in [0.2, 0.25) is 0 Å². The van der Waals surface area contributed by atoms with E-state index in [9.17, 15) is 4.79 Å². The van der Waals surface area contributed by atoms with Gasteiger partial charge in [-0.05, 0) is 46.4 Å². The lowest BCUT2D eigenvalue weighted by Crippen LogP contribution is -2.22. The van der Waals surface area contributed by atoms with Crippen LogP contribution in [-0.2, 0) is 4.79 Å². The van der Waals surface area contributed by atoms with Gasteiger partial charge in [0.25, 0.3) is 5.91 Å². The fourth-order valence-corrected chi connectivity index (χ4v) is 2.08. The van der Waals surface area contributed by atoms with E-state index in [1.54, 1.807) is 33.3 Å². The van der Waals surface area contributed by atoms with Crippen LogP contribution in [0, 0.1) is 14.9 Å². The second kappa shape index (κ2) is 6.40. The van der Waals surface area contributed by atoms with Crippen LogP contribution in [0.25, 0.3) is 6.08 Å². The first-order valence-corrected chi connectivity index (χ1v) is 6.24. The average molecular weight is 356 g/mol. The zero-order chi connectivity index (χ0) is 13.7. The van der Waals surface area contributed by atoms with Gasteiger partial charge in [0, 0.05) is 14.1 Å². The molecule has 0 saturated heterocycles. The predicted octanol–water partition coefficient (Wildman–Crippen LogP) is 2.29. The van der Waals surface area contributed by atoms with E-state index in [4.69, 9.17) is 10.00 Å². The van der Waals surface area contributed by atoms with Gasteiger partial charge in [-0.1, -0.05) is 6.07 Å². The molecule has 1 amide bonds. The highest BCUT2D eigenvalue weighted by Crippen LogP contribution is 2.22. The Balaban J connectivity index is 3.12. The number of ether oxygens (including phenoxy) is 1. The van der Waals surface area contributed by atoms with Gasteiger partial charge in [-0.2, -0.15) is 5.26 Å². The minimum atomic E-state index is -0.302. The highest BCUT2D eigenvalue weighted by atomic mass is 127. The first-order valence-electron chi connectivity index (χ1n) is 5.16. The molecular weight excluding hydrogens is 343 g/mol. The summed E-state index contributed by atoms with van der Waals surface area (Å²) in [5.74, 6) is 0.466. The Morgan fingerprint density at radius 3 is 2.61 bits per heavy atom. The minimum absolute atomic E-state index is 0.112. The number of nitrogens with zero attached hydrogens (tertiary/aromatic N) is 2. The summed E-state index contributed by atoms with van der Waals surface area (Å²) in [6.45, 7) is 0. The molecule has 18 heavy (non-hydrogen) atoms. The minimum Gasteiger partial charge on any atom is -0.496 e. The largest absolute Gasteiger partial charge is 0.496 e. The van der Waals surface area contributed by atoms with Crippen molar-refractivity contribution in [3.63, 3.8) is 0 Å². The molecule has 1 aromatic carbocycles. The summed E-state index contributed by atoms with van der Waals surface area (Å²) in [7, 11) is 4.83. The highest BCUT2D eigenvalue weighted by molar-refractivity contribution is 14.1. The Hall–Kier alpha value is -1.55. The molecule has 0 heterocycles. The Kier molecular flexibility index (Phi) is 5.16. The predicted molar refractivity (Wildman–Crippen MR) is 78.0 cm³/mol. The third-order valence-corrected chi connectivity index (χ3v) is 3.09. The van der Waals surface area contributed by atoms with E-state index in [2.05, 4.69) is 22.6 Å². The maximum atomic E-state index is 11.7. The molecular formula is C13H13IN2O2. The molecule has 0 aliphatic rings. The van der Waals surface area contributed by atoms with Crippen LogP contribution in [0.3, 0.4) is 0 Å². The average Bonchev–Trinajstić information content (AvgIpc) is 2.35. The van der Waals surface area contributed by atoms with Crippen LogP contribution in [0.5, 0.6) is 5.75 Å². The molecule has 0 radical (unpaired) electrons. The lowest BCUT2D eigenvalue weighted by atomic mass is 10.1. The zero-order valence-corrected chi connectivity index (χ0v) is 12.6. The smallest absolute Gasteiger partial charge is 0.264 e. The molecule has 1 aromatic rings. The normalized spacial score (nSPS) is 10.7. The van der Waals surface area contributed by atoms with Crippen molar-refractivity contribution >= 4 is 34.6 Å². The number of hydrogen-bond donors (Lipinski definition) is 0. The third kappa shape index (κ3) is 3.47. The van der Waals surface area contributed by atoms with Crippen molar-refractivity contribution in [2.24, 2.45) is 0 Å². The van der Waals surface area contributed by atoms with E-state index >= 15 is 0 Å². The third-order valence-electron chi connectivity index (χ3n) is 2.24. The molecule has 5 heteroatoms. The molecule has 0 N–H and O–H groups in total. The van der Waals surface area contributed by atoms with E-state index in [-0.39, 0.29) is 11.5 Å². The van der Waals surface area contributed by atoms with Gasteiger partial charge < -0.3 is 9.64 Å². The number of methoxy groups -OCH3 is 1. The Morgan fingerprint density at radius 2 is 2.17 bits per heavy atom. The second-order valence-corrected chi connectivity index (χ2v) is 4.93. The number of halogens is 1. The van der Waals surface area contributed by atoms with Crippen LogP contribution in [0.1, 0.15) is 5.56 Å². The van der Waals surface area contributed by atoms with Crippen LogP contribution < -0.4 is 4.74 Å². The molecule has 0 aliphatic heterocycles. The van der Waals surface area contributed by atoms with E-state index < -0.39 is 0 Å². The number of hydrogen-bond acceptors (Lipinski definition) is 3. The molecule has 0 bridgehead atoms. The van der Waals surface area contributed by atoms with Gasteiger partial charge in [-0.3, -0.25) is 4.79 Å². The van der Waals surface area contributed by atoms with Crippen LogP contribution in [0.2, 0.25) is 0 Å². The van der Waals surface area contributed by atoms with E-state index in [0.29, 0.717) is 0 Å². The molecule has 0 aliphatic carbocycles. The number of rotatable bonds is 3. The summed E-state index contributed by atoms with van der Waals surface area (Å²) in [5, 5.41) is 8.98. The maximum Gasteiger partial charge on any atom is 0.264 e. The van der Waals surface area contributed by atoms with Gasteiger partial charge in [0.05, 0.1) is 10.7 Å². The fraction of sp³-hybridized carbons (Fsp3) is 0.231. The number of likely N-dealkylation sites (N-methyl/N-ethyl adjacent to an activating group) is 1. The summed E-state index contributed by atoms with van der Waals surface area (Å²) in [6.07, 6.45) is 1.57. The lowest BCUT2D eigenvalue weighted by Gasteiger charge is -2.09. The highest BCUT2D eigenvalue weighted by Gasteiger charge is 2.11. The van der Waals surface area contributed by atoms with Gasteiger partial charge in [0.1, 0.15) is 17.4 Å². The zero-order valence-electron chi connectivity index (χ0n) is 10.4. The number of benzene rings is 1. The standard InChI is InChI=1S/C13H13IN2O2/c1-16(2)13(17)10(8-15)6-9-4-5-12(18-3)11(14)7-9/h4-7H,1-3H3/b10-6-. The number of carbonyl (C=O) groups excluding carboxylic acids is 1. The summed E-state index contributed by atoms with van der Waals surface area (Å²) in [4.78, 5) is 13.1. The van der Waals surface area contributed by atoms with Gasteiger partial charge in [-0.15, -0.1) is 0 Å². The Bertz CT molecular complexity index is 530. The quantitative estimate of drug-likeness (QED) is 0.475. The van der Waals surface area contributed by atoms with Crippen molar-refractivity contribution < 1.29 is 9.53 Å². The maximum absolute atomic E-state index is 11.7. The molecule has 0 atom stereocenters. The van der Waals surface area contributed by atoms with Gasteiger partial charge >= 0.3 is 0 Å². The van der Waals surface area contributed by atoms with Crippen LogP contribution in [-0.4, -0.2) is 32.0 Å². The van der Waals surface area contributed by atoms with E-state index in [1.807, 2.05) is 18.2 Å². The monoisotopic (exact) mass is 356 g/mol. The topological polar surface area (TPSA) is 53.3 Å². The molecule has 4 nitrogen and oxygen atoms in total. The van der Waals surface area contributed by atoms with Crippen LogP contribution in [0.15, 0.2) is 23.8 Å². The molecule has 0 saturated carbocycles. The van der Waals surface area contributed by atoms with Gasteiger partial charge in [0.15, 0.2) is 0 Å². The molecule has 0 fully saturated rings. The lowest BCUT2D eigenvalue weighted by molar-refractivity contribution is -0.124. The fourth-order valence-electron chi connectivity index (χ4n) is 1.32. The van der Waals surface area contributed by atoms with Crippen LogP contribution >= 0.6 is 22.6 Å². The Morgan fingerprint density at radius 1 is 1.50 bits per heavy atom. The van der Waals surface area contributed by atoms with Crippen molar-refractivity contribution in [3.8, 4) is 11.8 Å². The summed E-state index contributed by atoms with van der Waals surface area (Å²) >= 11 is 2.14. The molecule has 0 aromatic heterocycles. The van der Waals surface area contributed by atoms with Crippen molar-refractivity contribution in [1.82, 2.24) is 4.90 Å². The van der Waals surface area contributed by atoms with E-state index in [0.717, 1.165) is 14.9 Å². The van der Waals surface area contributed by atoms with Gasteiger partial charge in [-0.25, -0.2) is 0 Å². The first-order chi connectivity index (χ1) is 8.49. The van der Waals surface area contributed by atoms with Crippen molar-refractivity contribution in [3.05, 3.63) is 32.9 Å². The molecule has 1 rings (SSSR count). The Labute approximate surface area is 120 Å².